The molecule has 1 saturated heterocycles. The number of carbonyl (C=O) groups excluding carboxylic acids is 1. The Bertz CT molecular complexity index is 238. The molecule has 0 aromatic rings. The van der Waals surface area contributed by atoms with Gasteiger partial charge in [-0.25, -0.2) is 0 Å². The summed E-state index contributed by atoms with van der Waals surface area (Å²) in [5.74, 6) is -0.132. The van der Waals surface area contributed by atoms with E-state index in [0.717, 1.165) is 39.3 Å². The van der Waals surface area contributed by atoms with Crippen LogP contribution in [0.3, 0.4) is 0 Å². The fraction of sp³-hybridized carbons (Fsp3) is 0.727. The molecule has 0 aromatic carbocycles. The molecule has 1 rings (SSSR count). The van der Waals surface area contributed by atoms with Crippen molar-refractivity contribution in [1.82, 2.24) is 9.80 Å². The third-order valence-electron chi connectivity index (χ3n) is 2.78. The predicted molar refractivity (Wildman–Crippen MR) is 64.5 cm³/mol. The van der Waals surface area contributed by atoms with Gasteiger partial charge in [-0.15, -0.1) is 0 Å². The molecule has 0 N–H and O–H groups in total. The molecule has 0 amide bonds. The van der Waals surface area contributed by atoms with Crippen LogP contribution in [0.2, 0.25) is 0 Å². The van der Waals surface area contributed by atoms with Crippen molar-refractivity contribution in [3.63, 3.8) is 0 Å². The van der Waals surface area contributed by atoms with E-state index in [1.807, 2.05) is 6.08 Å². The number of rotatable bonds is 5. The summed E-state index contributed by atoms with van der Waals surface area (Å²) in [5, 5.41) is 0. The van der Waals surface area contributed by atoms with Crippen LogP contribution in [-0.2, 0) is 9.53 Å². The minimum atomic E-state index is -0.132. The van der Waals surface area contributed by atoms with Gasteiger partial charge in [-0.05, 0) is 0 Å². The summed E-state index contributed by atoms with van der Waals surface area (Å²) in [4.78, 5) is 15.6. The standard InChI is InChI=1S/C11H19ClN2O2/c1-16-11(15)3-6-14-9-7-13(8-10-14)5-2-4-12/h2,4H,3,5-10H2,1H3/b4-2+. The molecule has 0 saturated carbocycles. The molecular weight excluding hydrogens is 228 g/mol. The first kappa shape index (κ1) is 13.5. The van der Waals surface area contributed by atoms with Gasteiger partial charge in [0, 0.05) is 44.8 Å². The first-order valence-corrected chi connectivity index (χ1v) is 5.96. The molecule has 0 bridgehead atoms. The Hall–Kier alpha value is -0.580. The predicted octanol–water partition coefficient (Wildman–Crippen LogP) is 0.920. The third-order valence-corrected chi connectivity index (χ3v) is 2.96. The normalized spacial score (nSPS) is 19.1. The lowest BCUT2D eigenvalue weighted by atomic mass is 10.3. The lowest BCUT2D eigenvalue weighted by molar-refractivity contribution is -0.141. The summed E-state index contributed by atoms with van der Waals surface area (Å²) in [6.45, 7) is 5.78. The van der Waals surface area contributed by atoms with Gasteiger partial charge in [0.2, 0.25) is 0 Å². The van der Waals surface area contributed by atoms with Crippen molar-refractivity contribution in [3.8, 4) is 0 Å². The van der Waals surface area contributed by atoms with Crippen LogP contribution in [0.25, 0.3) is 0 Å². The van der Waals surface area contributed by atoms with Crippen molar-refractivity contribution in [2.24, 2.45) is 0 Å². The molecule has 16 heavy (non-hydrogen) atoms. The second-order valence-electron chi connectivity index (χ2n) is 3.83. The Balaban J connectivity index is 2.14. The zero-order chi connectivity index (χ0) is 11.8. The summed E-state index contributed by atoms with van der Waals surface area (Å²) < 4.78 is 4.62. The van der Waals surface area contributed by atoms with Gasteiger partial charge in [0.15, 0.2) is 0 Å². The minimum absolute atomic E-state index is 0.132. The van der Waals surface area contributed by atoms with E-state index in [4.69, 9.17) is 11.6 Å². The molecule has 0 unspecified atom stereocenters. The first-order chi connectivity index (χ1) is 7.76. The highest BCUT2D eigenvalue weighted by molar-refractivity contribution is 6.25. The van der Waals surface area contributed by atoms with Gasteiger partial charge in [-0.3, -0.25) is 9.69 Å². The van der Waals surface area contributed by atoms with E-state index in [1.165, 1.54) is 7.11 Å². The van der Waals surface area contributed by atoms with Crippen molar-refractivity contribution in [2.75, 3.05) is 46.4 Å². The van der Waals surface area contributed by atoms with Crippen LogP contribution >= 0.6 is 11.6 Å². The van der Waals surface area contributed by atoms with Crippen molar-refractivity contribution in [3.05, 3.63) is 11.6 Å². The van der Waals surface area contributed by atoms with Crippen LogP contribution in [0.4, 0.5) is 0 Å². The highest BCUT2D eigenvalue weighted by Gasteiger charge is 2.16. The number of ether oxygens (including phenoxy) is 1. The van der Waals surface area contributed by atoms with Gasteiger partial charge in [-0.2, -0.15) is 0 Å². The highest BCUT2D eigenvalue weighted by Crippen LogP contribution is 2.03. The molecule has 0 radical (unpaired) electrons. The average molecular weight is 247 g/mol. The van der Waals surface area contributed by atoms with Crippen LogP contribution in [0.5, 0.6) is 0 Å². The fourth-order valence-corrected chi connectivity index (χ4v) is 1.82. The summed E-state index contributed by atoms with van der Waals surface area (Å²) >= 11 is 5.48. The Kier molecular flexibility index (Phi) is 6.45. The molecule has 1 fully saturated rings. The number of halogens is 1. The van der Waals surface area contributed by atoms with E-state index >= 15 is 0 Å². The Labute approximate surface area is 102 Å². The van der Waals surface area contributed by atoms with Crippen molar-refractivity contribution in [2.45, 2.75) is 6.42 Å². The Morgan fingerprint density at radius 1 is 1.31 bits per heavy atom. The number of nitrogens with zero attached hydrogens (tertiary/aromatic N) is 2. The molecule has 0 aliphatic carbocycles. The molecule has 0 atom stereocenters. The minimum Gasteiger partial charge on any atom is -0.469 e. The molecule has 0 aromatic heterocycles. The van der Waals surface area contributed by atoms with Gasteiger partial charge >= 0.3 is 5.97 Å². The van der Waals surface area contributed by atoms with Crippen LogP contribution in [0, 0.1) is 0 Å². The van der Waals surface area contributed by atoms with Gasteiger partial charge in [0.1, 0.15) is 0 Å². The van der Waals surface area contributed by atoms with Crippen molar-refractivity contribution >= 4 is 17.6 Å². The largest absolute Gasteiger partial charge is 0.469 e. The molecule has 4 nitrogen and oxygen atoms in total. The Morgan fingerprint density at radius 3 is 2.50 bits per heavy atom. The van der Waals surface area contributed by atoms with Gasteiger partial charge in [-0.1, -0.05) is 17.7 Å². The van der Waals surface area contributed by atoms with E-state index in [0.29, 0.717) is 6.42 Å². The maximum atomic E-state index is 11.0. The van der Waals surface area contributed by atoms with E-state index in [2.05, 4.69) is 14.5 Å². The maximum Gasteiger partial charge on any atom is 0.306 e. The molecule has 1 heterocycles. The van der Waals surface area contributed by atoms with E-state index in [9.17, 15) is 4.79 Å². The second kappa shape index (κ2) is 7.65. The van der Waals surface area contributed by atoms with Crippen molar-refractivity contribution < 1.29 is 9.53 Å². The third kappa shape index (κ3) is 4.96. The van der Waals surface area contributed by atoms with E-state index in [-0.39, 0.29) is 5.97 Å². The van der Waals surface area contributed by atoms with Gasteiger partial charge in [0.05, 0.1) is 13.5 Å². The molecule has 1 aliphatic heterocycles. The maximum absolute atomic E-state index is 11.0. The zero-order valence-corrected chi connectivity index (χ0v) is 10.4. The van der Waals surface area contributed by atoms with Gasteiger partial charge < -0.3 is 9.64 Å². The Morgan fingerprint density at radius 2 is 1.94 bits per heavy atom. The zero-order valence-electron chi connectivity index (χ0n) is 9.69. The van der Waals surface area contributed by atoms with E-state index in [1.54, 1.807) is 5.54 Å². The van der Waals surface area contributed by atoms with E-state index < -0.39 is 0 Å². The van der Waals surface area contributed by atoms with Gasteiger partial charge in [0.25, 0.3) is 0 Å². The summed E-state index contributed by atoms with van der Waals surface area (Å²) in [6.07, 6.45) is 2.43. The topological polar surface area (TPSA) is 32.8 Å². The van der Waals surface area contributed by atoms with Crippen LogP contribution in [0.15, 0.2) is 11.6 Å². The number of methoxy groups -OCH3 is 1. The molecule has 92 valence electrons. The number of hydrogen-bond donors (Lipinski definition) is 0. The number of hydrogen-bond acceptors (Lipinski definition) is 4. The average Bonchev–Trinajstić information content (AvgIpc) is 2.34. The van der Waals surface area contributed by atoms with Crippen molar-refractivity contribution in [1.29, 1.82) is 0 Å². The fourth-order valence-electron chi connectivity index (χ4n) is 1.74. The number of piperazine rings is 1. The first-order valence-electron chi connectivity index (χ1n) is 5.53. The summed E-state index contributed by atoms with van der Waals surface area (Å²) in [7, 11) is 1.43. The molecule has 0 spiro atoms. The lowest BCUT2D eigenvalue weighted by Gasteiger charge is -2.33. The number of carbonyl (C=O) groups is 1. The highest BCUT2D eigenvalue weighted by atomic mass is 35.5. The summed E-state index contributed by atoms with van der Waals surface area (Å²) in [6, 6.07) is 0. The molecule has 1 aliphatic rings. The van der Waals surface area contributed by atoms with Crippen LogP contribution in [0.1, 0.15) is 6.42 Å². The number of esters is 1. The van der Waals surface area contributed by atoms with Crippen LogP contribution in [-0.4, -0.2) is 62.1 Å². The summed E-state index contributed by atoms with van der Waals surface area (Å²) in [5.41, 5.74) is 1.56. The smallest absolute Gasteiger partial charge is 0.306 e. The SMILES string of the molecule is COC(=O)CCN1CCN(C/C=C/Cl)CC1. The monoisotopic (exact) mass is 246 g/mol. The van der Waals surface area contributed by atoms with Crippen LogP contribution < -0.4 is 0 Å². The quantitative estimate of drug-likeness (QED) is 0.676. The second-order valence-corrected chi connectivity index (χ2v) is 4.08. The molecular formula is C11H19ClN2O2. The molecule has 5 heteroatoms. The lowest BCUT2D eigenvalue weighted by Crippen LogP contribution is -2.46.